The van der Waals surface area contributed by atoms with Gasteiger partial charge in [-0.2, -0.15) is 0 Å². The van der Waals surface area contributed by atoms with Crippen LogP contribution in [0, 0.1) is 0 Å². The Morgan fingerprint density at radius 1 is 1.12 bits per heavy atom. The summed E-state index contributed by atoms with van der Waals surface area (Å²) < 4.78 is 27.9. The molecule has 2 aromatic carbocycles. The minimum Gasteiger partial charge on any atom is -0.452 e. The van der Waals surface area contributed by atoms with E-state index < -0.39 is 28.3 Å². The van der Waals surface area contributed by atoms with Gasteiger partial charge in [0.15, 0.2) is 16.4 Å². The van der Waals surface area contributed by atoms with E-state index in [2.05, 4.69) is 5.32 Å². The van der Waals surface area contributed by atoms with Crippen molar-refractivity contribution in [1.82, 2.24) is 0 Å². The summed E-state index contributed by atoms with van der Waals surface area (Å²) >= 11 is 11.8. The highest BCUT2D eigenvalue weighted by atomic mass is 35.5. The third-order valence-electron chi connectivity index (χ3n) is 3.06. The zero-order chi connectivity index (χ0) is 18.6. The summed E-state index contributed by atoms with van der Waals surface area (Å²) in [4.78, 5) is 23.8. The number of hydrogen-bond donors (Lipinski definition) is 1. The molecule has 6 nitrogen and oxygen atoms in total. The second kappa shape index (κ2) is 7.86. The van der Waals surface area contributed by atoms with Gasteiger partial charge >= 0.3 is 5.97 Å². The fourth-order valence-corrected chi connectivity index (χ4v) is 2.87. The van der Waals surface area contributed by atoms with Gasteiger partial charge < -0.3 is 10.1 Å². The lowest BCUT2D eigenvalue weighted by Crippen LogP contribution is -2.21. The Labute approximate surface area is 154 Å². The van der Waals surface area contributed by atoms with Crippen molar-refractivity contribution in [2.75, 3.05) is 18.2 Å². The minimum absolute atomic E-state index is 0.0166. The van der Waals surface area contributed by atoms with Crippen LogP contribution < -0.4 is 5.32 Å². The number of rotatable bonds is 5. The third-order valence-corrected chi connectivity index (χ3v) is 4.99. The number of esters is 1. The standard InChI is InChI=1S/C16H13Cl2NO5S/c1-25(22,23)11-5-2-4-10(8-11)16(21)24-9-14(20)19-13-7-3-6-12(17)15(13)18/h2-8H,9H2,1H3,(H,19,20). The predicted molar refractivity (Wildman–Crippen MR) is 94.9 cm³/mol. The smallest absolute Gasteiger partial charge is 0.338 e. The van der Waals surface area contributed by atoms with Crippen molar-refractivity contribution in [1.29, 1.82) is 0 Å². The molecule has 0 fully saturated rings. The van der Waals surface area contributed by atoms with Crippen molar-refractivity contribution >= 4 is 50.6 Å². The molecule has 0 spiro atoms. The average Bonchev–Trinajstić information content (AvgIpc) is 2.56. The number of anilines is 1. The quantitative estimate of drug-likeness (QED) is 0.776. The second-order valence-electron chi connectivity index (χ2n) is 5.03. The number of nitrogens with one attached hydrogen (secondary N) is 1. The summed E-state index contributed by atoms with van der Waals surface area (Å²) in [6, 6.07) is 10.1. The highest BCUT2D eigenvalue weighted by Gasteiger charge is 2.15. The molecule has 1 amide bonds. The maximum Gasteiger partial charge on any atom is 0.338 e. The molecule has 9 heteroatoms. The number of carbonyl (C=O) groups excluding carboxylic acids is 2. The lowest BCUT2D eigenvalue weighted by Gasteiger charge is -2.09. The Morgan fingerprint density at radius 2 is 1.80 bits per heavy atom. The SMILES string of the molecule is CS(=O)(=O)c1cccc(C(=O)OCC(=O)Nc2cccc(Cl)c2Cl)c1. The summed E-state index contributed by atoms with van der Waals surface area (Å²) in [5.41, 5.74) is 0.311. The zero-order valence-corrected chi connectivity index (χ0v) is 15.3. The van der Waals surface area contributed by atoms with Crippen LogP contribution in [-0.2, 0) is 19.4 Å². The maximum atomic E-state index is 12.0. The first-order chi connectivity index (χ1) is 11.7. The molecule has 0 aliphatic heterocycles. The number of halogens is 2. The normalized spacial score (nSPS) is 11.0. The van der Waals surface area contributed by atoms with E-state index in [1.807, 2.05) is 0 Å². The molecule has 0 bridgehead atoms. The van der Waals surface area contributed by atoms with Crippen LogP contribution in [0.4, 0.5) is 5.69 Å². The highest BCUT2D eigenvalue weighted by Crippen LogP contribution is 2.29. The molecule has 0 saturated carbocycles. The molecule has 0 aliphatic carbocycles. The Hall–Kier alpha value is -2.09. The van der Waals surface area contributed by atoms with Gasteiger partial charge in [0.25, 0.3) is 5.91 Å². The van der Waals surface area contributed by atoms with Crippen LogP contribution in [0.1, 0.15) is 10.4 Å². The Morgan fingerprint density at radius 3 is 2.48 bits per heavy atom. The topological polar surface area (TPSA) is 89.5 Å². The van der Waals surface area contributed by atoms with Crippen LogP contribution >= 0.6 is 23.2 Å². The number of amides is 1. The highest BCUT2D eigenvalue weighted by molar-refractivity contribution is 7.90. The van der Waals surface area contributed by atoms with Crippen molar-refractivity contribution in [3.8, 4) is 0 Å². The van der Waals surface area contributed by atoms with Crippen LogP contribution in [-0.4, -0.2) is 33.2 Å². The number of sulfone groups is 1. The monoisotopic (exact) mass is 401 g/mol. The van der Waals surface area contributed by atoms with Crippen LogP contribution in [0.15, 0.2) is 47.4 Å². The number of ether oxygens (including phenoxy) is 1. The van der Waals surface area contributed by atoms with Crippen LogP contribution in [0.25, 0.3) is 0 Å². The molecule has 0 unspecified atom stereocenters. The summed E-state index contributed by atoms with van der Waals surface area (Å²) in [5.74, 6) is -1.44. The Bertz CT molecular complexity index is 928. The fraction of sp³-hybridized carbons (Fsp3) is 0.125. The van der Waals surface area contributed by atoms with Crippen LogP contribution in [0.2, 0.25) is 10.0 Å². The van der Waals surface area contributed by atoms with Gasteiger partial charge in [0.05, 0.1) is 26.2 Å². The molecule has 0 heterocycles. The number of hydrogen-bond acceptors (Lipinski definition) is 5. The third kappa shape index (κ3) is 5.19. The molecule has 0 aromatic heterocycles. The van der Waals surface area contributed by atoms with Crippen molar-refractivity contribution < 1.29 is 22.7 Å². The van der Waals surface area contributed by atoms with Gasteiger partial charge in [-0.05, 0) is 30.3 Å². The molecule has 0 saturated heterocycles. The van der Waals surface area contributed by atoms with Gasteiger partial charge in [-0.25, -0.2) is 13.2 Å². The van der Waals surface area contributed by atoms with Crippen molar-refractivity contribution in [2.45, 2.75) is 4.90 Å². The first kappa shape index (κ1) is 19.2. The first-order valence-electron chi connectivity index (χ1n) is 6.89. The van der Waals surface area contributed by atoms with E-state index in [0.717, 1.165) is 6.26 Å². The van der Waals surface area contributed by atoms with Gasteiger partial charge in [-0.3, -0.25) is 4.79 Å². The van der Waals surface area contributed by atoms with E-state index >= 15 is 0 Å². The van der Waals surface area contributed by atoms with E-state index in [9.17, 15) is 18.0 Å². The molecule has 0 atom stereocenters. The lowest BCUT2D eigenvalue weighted by atomic mass is 10.2. The van der Waals surface area contributed by atoms with E-state index in [-0.39, 0.29) is 26.2 Å². The summed E-state index contributed by atoms with van der Waals surface area (Å²) in [5, 5.41) is 2.91. The maximum absolute atomic E-state index is 12.0. The van der Waals surface area contributed by atoms with E-state index in [1.54, 1.807) is 18.2 Å². The van der Waals surface area contributed by atoms with Gasteiger partial charge in [0.1, 0.15) is 0 Å². The summed E-state index contributed by atoms with van der Waals surface area (Å²) in [6.07, 6.45) is 1.03. The summed E-state index contributed by atoms with van der Waals surface area (Å²) in [6.45, 7) is -0.565. The van der Waals surface area contributed by atoms with Crippen LogP contribution in [0.3, 0.4) is 0 Å². The lowest BCUT2D eigenvalue weighted by molar-refractivity contribution is -0.119. The fourth-order valence-electron chi connectivity index (χ4n) is 1.85. The number of carbonyl (C=O) groups is 2. The molecule has 0 radical (unpaired) electrons. The predicted octanol–water partition coefficient (Wildman–Crippen LogP) is 3.19. The average molecular weight is 402 g/mol. The van der Waals surface area contributed by atoms with Crippen LogP contribution in [0.5, 0.6) is 0 Å². The van der Waals surface area contributed by atoms with Gasteiger partial charge in [-0.1, -0.05) is 35.3 Å². The molecular formula is C16H13Cl2NO5S. The van der Waals surface area contributed by atoms with E-state index in [1.165, 1.54) is 24.3 Å². The summed E-state index contributed by atoms with van der Waals surface area (Å²) in [7, 11) is -3.45. The molecule has 25 heavy (non-hydrogen) atoms. The molecule has 2 rings (SSSR count). The second-order valence-corrected chi connectivity index (χ2v) is 7.83. The van der Waals surface area contributed by atoms with Gasteiger partial charge in [-0.15, -0.1) is 0 Å². The molecule has 1 N–H and O–H groups in total. The first-order valence-corrected chi connectivity index (χ1v) is 9.54. The molecule has 2 aromatic rings. The Kier molecular flexibility index (Phi) is 6.05. The minimum atomic E-state index is -3.45. The Balaban J connectivity index is 2.00. The van der Waals surface area contributed by atoms with Crippen molar-refractivity contribution in [2.24, 2.45) is 0 Å². The molecular weight excluding hydrogens is 389 g/mol. The molecule has 0 aliphatic rings. The largest absolute Gasteiger partial charge is 0.452 e. The van der Waals surface area contributed by atoms with Gasteiger partial charge in [0.2, 0.25) is 0 Å². The van der Waals surface area contributed by atoms with Gasteiger partial charge in [0, 0.05) is 6.26 Å². The van der Waals surface area contributed by atoms with Crippen molar-refractivity contribution in [3.05, 3.63) is 58.1 Å². The number of benzene rings is 2. The molecule has 132 valence electrons. The van der Waals surface area contributed by atoms with E-state index in [0.29, 0.717) is 0 Å². The van der Waals surface area contributed by atoms with E-state index in [4.69, 9.17) is 27.9 Å². The van der Waals surface area contributed by atoms with Crippen molar-refractivity contribution in [3.63, 3.8) is 0 Å². The zero-order valence-electron chi connectivity index (χ0n) is 13.0.